The number of aryl methyl sites for hydroxylation is 3. The Morgan fingerprint density at radius 1 is 0.333 bits per heavy atom. The summed E-state index contributed by atoms with van der Waals surface area (Å²) in [6, 6.07) is 36.7. The van der Waals surface area contributed by atoms with Crippen molar-refractivity contribution in [2.24, 2.45) is 0 Å². The van der Waals surface area contributed by atoms with Crippen LogP contribution in [0.4, 0.5) is 0 Å². The van der Waals surface area contributed by atoms with Gasteiger partial charge in [-0.25, -0.2) is 0 Å². The highest BCUT2D eigenvalue weighted by molar-refractivity contribution is 6.81. The molecule has 0 aliphatic heterocycles. The van der Waals surface area contributed by atoms with Crippen LogP contribution in [0.5, 0.6) is 0 Å². The predicted molar refractivity (Wildman–Crippen MR) is 350 cm³/mol. The van der Waals surface area contributed by atoms with Crippen LogP contribution in [0.2, 0.25) is 13.1 Å². The Morgan fingerprint density at radius 2 is 0.615 bits per heavy atom. The summed E-state index contributed by atoms with van der Waals surface area (Å²) in [4.78, 5) is 0. The van der Waals surface area contributed by atoms with Gasteiger partial charge in [0.05, 0.1) is 8.07 Å². The van der Waals surface area contributed by atoms with Crippen molar-refractivity contribution < 1.29 is 0 Å². The van der Waals surface area contributed by atoms with Crippen molar-refractivity contribution in [3.8, 4) is 33.4 Å². The summed E-state index contributed by atoms with van der Waals surface area (Å²) in [5.41, 5.74) is 35.8. The molecule has 0 aromatic heterocycles. The average Bonchev–Trinajstić information content (AvgIpc) is 3.97. The molecule has 0 heterocycles. The maximum absolute atomic E-state index is 2.68. The van der Waals surface area contributed by atoms with Gasteiger partial charge in [0.25, 0.3) is 0 Å². The summed E-state index contributed by atoms with van der Waals surface area (Å²) in [7, 11) is -2.06. The quantitative estimate of drug-likeness (QED) is 0.151. The van der Waals surface area contributed by atoms with Gasteiger partial charge < -0.3 is 0 Å². The van der Waals surface area contributed by atoms with Gasteiger partial charge in [0.1, 0.15) is 0 Å². The van der Waals surface area contributed by atoms with Crippen molar-refractivity contribution in [2.45, 2.75) is 229 Å². The van der Waals surface area contributed by atoms with Crippen LogP contribution >= 0.6 is 0 Å². The molecule has 2 unspecified atom stereocenters. The van der Waals surface area contributed by atoms with Crippen LogP contribution in [0.15, 0.2) is 108 Å². The molecular weight excluding hydrogens is 953 g/mol. The third kappa shape index (κ3) is 11.8. The van der Waals surface area contributed by atoms with Gasteiger partial charge in [0.2, 0.25) is 0 Å². The summed E-state index contributed by atoms with van der Waals surface area (Å²) in [5, 5.41) is 0. The third-order valence-electron chi connectivity index (χ3n) is 17.7. The van der Waals surface area contributed by atoms with Gasteiger partial charge in [0, 0.05) is 11.1 Å². The molecule has 412 valence electrons. The fourth-order valence-corrected chi connectivity index (χ4v) is 18.1. The van der Waals surface area contributed by atoms with Crippen LogP contribution in [-0.4, -0.2) is 8.07 Å². The largest absolute Gasteiger partial charge is 0.0722 e. The number of rotatable bonds is 5. The number of hydrogen-bond donors (Lipinski definition) is 0. The first kappa shape index (κ1) is 58.9. The Hall–Kier alpha value is -5.24. The molecule has 0 spiro atoms. The fraction of sp³-hybridized carbons (Fsp3) is 0.455. The summed E-state index contributed by atoms with van der Waals surface area (Å²) >= 11 is 0. The molecule has 0 nitrogen and oxygen atoms in total. The van der Waals surface area contributed by atoms with E-state index in [9.17, 15) is 0 Å². The Kier molecular flexibility index (Phi) is 15.2. The molecular formula is C77H100Si. The second-order valence-corrected chi connectivity index (χ2v) is 36.3. The number of fused-ring (bicyclic) bond motifs is 3. The summed E-state index contributed by atoms with van der Waals surface area (Å²) < 4.78 is 0. The average molecular weight is 1050 g/mol. The van der Waals surface area contributed by atoms with E-state index in [1.165, 1.54) is 122 Å². The maximum Gasteiger partial charge on any atom is 0.0722 e. The topological polar surface area (TPSA) is 0 Å². The first-order chi connectivity index (χ1) is 35.6. The molecule has 0 N–H and O–H groups in total. The summed E-state index contributed by atoms with van der Waals surface area (Å²) in [6.45, 7) is 61.3. The second kappa shape index (κ2) is 20.1. The Labute approximate surface area is 477 Å². The van der Waals surface area contributed by atoms with Gasteiger partial charge in [-0.3, -0.25) is 0 Å². The smallest absolute Gasteiger partial charge is 0.0683 e. The van der Waals surface area contributed by atoms with E-state index in [0.29, 0.717) is 11.1 Å². The van der Waals surface area contributed by atoms with Crippen molar-refractivity contribution in [3.63, 3.8) is 0 Å². The minimum atomic E-state index is -2.06. The van der Waals surface area contributed by atoms with Crippen LogP contribution in [0.25, 0.3) is 51.6 Å². The maximum atomic E-state index is 2.68. The highest BCUT2D eigenvalue weighted by Crippen LogP contribution is 2.55. The van der Waals surface area contributed by atoms with Gasteiger partial charge >= 0.3 is 0 Å². The lowest BCUT2D eigenvalue weighted by molar-refractivity contribution is 0.568. The lowest BCUT2D eigenvalue weighted by Gasteiger charge is -2.39. The molecule has 2 atom stereocenters. The van der Waals surface area contributed by atoms with Crippen LogP contribution in [0.3, 0.4) is 0 Å². The molecule has 0 fully saturated rings. The van der Waals surface area contributed by atoms with Crippen molar-refractivity contribution in [3.05, 3.63) is 191 Å². The van der Waals surface area contributed by atoms with Crippen molar-refractivity contribution >= 4 is 26.3 Å². The van der Waals surface area contributed by atoms with E-state index in [4.69, 9.17) is 0 Å². The summed E-state index contributed by atoms with van der Waals surface area (Å²) in [5.74, 6) is 0. The van der Waals surface area contributed by atoms with E-state index in [0.717, 1.165) is 6.42 Å². The molecule has 6 aromatic rings. The van der Waals surface area contributed by atoms with Crippen molar-refractivity contribution in [2.75, 3.05) is 0 Å². The zero-order valence-electron chi connectivity index (χ0n) is 53.8. The molecule has 78 heavy (non-hydrogen) atoms. The first-order valence-electron chi connectivity index (χ1n) is 29.6. The molecule has 0 bridgehead atoms. The van der Waals surface area contributed by atoms with Crippen LogP contribution in [0, 0.1) is 20.8 Å². The normalized spacial score (nSPS) is 16.8. The van der Waals surface area contributed by atoms with E-state index in [2.05, 4.69) is 288 Å². The monoisotopic (exact) mass is 1050 g/mol. The zero-order chi connectivity index (χ0) is 57.9. The minimum Gasteiger partial charge on any atom is -0.0683 e. The molecule has 1 heteroatoms. The second-order valence-electron chi connectivity index (χ2n) is 31.5. The van der Waals surface area contributed by atoms with Crippen molar-refractivity contribution in [1.29, 1.82) is 0 Å². The molecule has 0 saturated carbocycles. The van der Waals surface area contributed by atoms with E-state index < -0.39 is 8.07 Å². The van der Waals surface area contributed by atoms with E-state index >= 15 is 0 Å². The molecule has 3 aliphatic carbocycles. The lowest BCUT2D eigenvalue weighted by atomic mass is 9.78. The Morgan fingerprint density at radius 3 is 0.923 bits per heavy atom. The van der Waals surface area contributed by atoms with E-state index in [-0.39, 0.29) is 32.5 Å². The fourth-order valence-electron chi connectivity index (χ4n) is 13.2. The van der Waals surface area contributed by atoms with Crippen LogP contribution in [-0.2, 0) is 38.9 Å². The van der Waals surface area contributed by atoms with E-state index in [1.807, 2.05) is 0 Å². The van der Waals surface area contributed by atoms with Gasteiger partial charge in [-0.15, -0.1) is 0 Å². The minimum absolute atomic E-state index is 0.0747. The van der Waals surface area contributed by atoms with Crippen LogP contribution < -0.4 is 0 Å². The van der Waals surface area contributed by atoms with Crippen molar-refractivity contribution in [1.82, 2.24) is 0 Å². The van der Waals surface area contributed by atoms with Gasteiger partial charge in [-0.05, 0) is 186 Å². The van der Waals surface area contributed by atoms with Gasteiger partial charge in [-0.2, -0.15) is 0 Å². The summed E-state index contributed by atoms with van der Waals surface area (Å²) in [6.07, 6.45) is 8.55. The van der Waals surface area contributed by atoms with Crippen LogP contribution in [0.1, 0.15) is 240 Å². The zero-order valence-corrected chi connectivity index (χ0v) is 54.8. The molecule has 0 radical (unpaired) electrons. The lowest BCUT2D eigenvalue weighted by Crippen LogP contribution is -2.42. The van der Waals surface area contributed by atoms with Gasteiger partial charge in [0.15, 0.2) is 0 Å². The Balaban J connectivity index is 0.000000267. The Bertz CT molecular complexity index is 3180. The number of hydrogen-bond acceptors (Lipinski definition) is 0. The molecule has 9 rings (SSSR count). The molecule has 0 amide bonds. The highest BCUT2D eigenvalue weighted by atomic mass is 28.3. The van der Waals surface area contributed by atoms with Gasteiger partial charge in [-0.1, -0.05) is 275 Å². The standard InChI is InChI=1S/C52H68Si.C25H32/c1-31-19-41(35-25-37(49(5,6)7)29-38(26-35)50(8,9)10)43-23-33(3)47(45(43)21-31)53(17,18)48-34(4)24-44-42(20-32(2)22-46(44)48)36-27-39(51(11,12)13)30-40(28-36)52(14,15)16;1-16-9-18-10-17(2)12-23(22(18)11-16)19-13-20(24(3,4)5)15-21(14-19)25(6,7)8/h19-30,47-48H,1-18H3;9-10,12-15H,11H2,1-8H3. The first-order valence-corrected chi connectivity index (χ1v) is 32.7. The SMILES string of the molecule is CC1=Cc2c(-c3cc(C(C)(C)C)cc(C(C)(C)C)c3)cc(C)cc2C1[Si](C)(C)C1C(C)=Cc2c(-c3cc(C(C)(C)C)cc(C(C)(C)C)c3)cc(C)cc21.CC1=Cc2cc(C)cc(-c3cc(C(C)(C)C)cc(C(C)(C)C)c3)c2C1. The predicted octanol–water partition coefficient (Wildman–Crippen LogP) is 22.5. The van der Waals surface area contributed by atoms with E-state index in [1.54, 1.807) is 11.1 Å². The highest BCUT2D eigenvalue weighted by Gasteiger charge is 2.48. The third-order valence-corrected chi connectivity index (χ3v) is 22.2. The molecule has 6 aromatic carbocycles. The number of benzene rings is 6. The molecule has 3 aliphatic rings. The molecule has 0 saturated heterocycles. The number of allylic oxidation sites excluding steroid dienone is 3.